The van der Waals surface area contributed by atoms with Gasteiger partial charge in [0.2, 0.25) is 0 Å². The third kappa shape index (κ3) is 1.93. The first-order chi connectivity index (χ1) is 9.42. The fourth-order valence-electron chi connectivity index (χ4n) is 2.70. The summed E-state index contributed by atoms with van der Waals surface area (Å²) in [5.41, 5.74) is 4.72. The Morgan fingerprint density at radius 2 is 2.00 bits per heavy atom. The van der Waals surface area contributed by atoms with E-state index in [1.807, 2.05) is 12.4 Å². The van der Waals surface area contributed by atoms with Gasteiger partial charge in [0.25, 0.3) is 6.85 Å². The molecule has 0 spiro atoms. The monoisotopic (exact) mass is 247 g/mol. The maximum atomic E-state index is 4.12. The average molecular weight is 247 g/mol. The third-order valence-corrected chi connectivity index (χ3v) is 3.89. The SMILES string of the molecule is C1=Cc2cccc(-c3cncnc3)c2NB1C1CC1. The van der Waals surface area contributed by atoms with Gasteiger partial charge in [-0.05, 0) is 11.4 Å². The number of nitrogens with one attached hydrogen (secondary N) is 1. The number of hydrogen-bond donors (Lipinski definition) is 1. The lowest BCUT2D eigenvalue weighted by molar-refractivity contribution is 1.17. The molecule has 1 fully saturated rings. The van der Waals surface area contributed by atoms with Gasteiger partial charge in [-0.1, -0.05) is 43.1 Å². The van der Waals surface area contributed by atoms with Gasteiger partial charge in [-0.2, -0.15) is 0 Å². The highest BCUT2D eigenvalue weighted by Crippen LogP contribution is 2.43. The van der Waals surface area contributed by atoms with Crippen LogP contribution in [0.3, 0.4) is 0 Å². The summed E-state index contributed by atoms with van der Waals surface area (Å²) in [6.45, 7) is 0.485. The van der Waals surface area contributed by atoms with Crippen molar-refractivity contribution in [3.63, 3.8) is 0 Å². The van der Waals surface area contributed by atoms with Crippen LogP contribution in [0.1, 0.15) is 18.4 Å². The highest BCUT2D eigenvalue weighted by Gasteiger charge is 2.35. The number of hydrogen-bond acceptors (Lipinski definition) is 3. The van der Waals surface area contributed by atoms with Crippen molar-refractivity contribution in [3.8, 4) is 11.1 Å². The molecule has 0 unspecified atom stereocenters. The fraction of sp³-hybridized carbons (Fsp3) is 0.200. The molecule has 2 aromatic rings. The van der Waals surface area contributed by atoms with Crippen molar-refractivity contribution < 1.29 is 0 Å². The highest BCUT2D eigenvalue weighted by molar-refractivity contribution is 6.71. The van der Waals surface area contributed by atoms with E-state index in [1.54, 1.807) is 6.33 Å². The number of benzene rings is 1. The average Bonchev–Trinajstić information content (AvgIpc) is 3.32. The van der Waals surface area contributed by atoms with Gasteiger partial charge in [0.05, 0.1) is 0 Å². The van der Waals surface area contributed by atoms with Crippen LogP contribution < -0.4 is 5.23 Å². The summed E-state index contributed by atoms with van der Waals surface area (Å²) in [7, 11) is 0. The summed E-state index contributed by atoms with van der Waals surface area (Å²) in [4.78, 5) is 8.24. The number of nitrogens with zero attached hydrogens (tertiary/aromatic N) is 2. The highest BCUT2D eigenvalue weighted by atomic mass is 14.8. The van der Waals surface area contributed by atoms with Gasteiger partial charge in [-0.25, -0.2) is 9.97 Å². The van der Waals surface area contributed by atoms with Crippen molar-refractivity contribution in [2.45, 2.75) is 18.7 Å². The molecule has 0 amide bonds. The van der Waals surface area contributed by atoms with Crippen molar-refractivity contribution in [3.05, 3.63) is 48.5 Å². The van der Waals surface area contributed by atoms with Crippen LogP contribution in [0.5, 0.6) is 0 Å². The van der Waals surface area contributed by atoms with Gasteiger partial charge in [-0.15, -0.1) is 0 Å². The van der Waals surface area contributed by atoms with Gasteiger partial charge in [-0.3, -0.25) is 0 Å². The zero-order chi connectivity index (χ0) is 12.7. The van der Waals surface area contributed by atoms with E-state index in [1.165, 1.54) is 29.7 Å². The third-order valence-electron chi connectivity index (χ3n) is 3.89. The van der Waals surface area contributed by atoms with Crippen LogP contribution in [-0.4, -0.2) is 16.8 Å². The number of aromatic nitrogens is 2. The van der Waals surface area contributed by atoms with E-state index < -0.39 is 0 Å². The van der Waals surface area contributed by atoms with Crippen LogP contribution in [-0.2, 0) is 0 Å². The molecule has 1 aromatic carbocycles. The Hall–Kier alpha value is -2.10. The van der Waals surface area contributed by atoms with Crippen LogP contribution in [0.15, 0.2) is 42.9 Å². The van der Waals surface area contributed by atoms with Crippen LogP contribution in [0.4, 0.5) is 5.69 Å². The second-order valence-corrected chi connectivity index (χ2v) is 5.26. The Morgan fingerprint density at radius 1 is 1.16 bits per heavy atom. The van der Waals surface area contributed by atoms with Crippen molar-refractivity contribution in [1.82, 2.24) is 9.97 Å². The predicted octanol–water partition coefficient (Wildman–Crippen LogP) is 3.28. The maximum Gasteiger partial charge on any atom is 0.281 e. The van der Waals surface area contributed by atoms with Gasteiger partial charge >= 0.3 is 0 Å². The van der Waals surface area contributed by atoms with Gasteiger partial charge in [0.15, 0.2) is 0 Å². The van der Waals surface area contributed by atoms with E-state index >= 15 is 0 Å². The standard InChI is InChI=1S/C15H14BN3/c1-2-11-6-7-16(13-4-5-13)19-15(11)14(3-1)12-8-17-10-18-9-12/h1-3,6-10,13,19H,4-5H2. The van der Waals surface area contributed by atoms with E-state index in [0.717, 1.165) is 11.4 Å². The molecule has 0 atom stereocenters. The molecular formula is C15H14BN3. The van der Waals surface area contributed by atoms with E-state index in [9.17, 15) is 0 Å². The summed E-state index contributed by atoms with van der Waals surface area (Å²) in [5, 5.41) is 3.68. The molecule has 4 heteroatoms. The van der Waals surface area contributed by atoms with Crippen LogP contribution in [0, 0.1) is 0 Å². The molecular weight excluding hydrogens is 233 g/mol. The van der Waals surface area contributed by atoms with E-state index in [0.29, 0.717) is 6.85 Å². The molecule has 1 saturated carbocycles. The molecule has 0 radical (unpaired) electrons. The molecule has 2 heterocycles. The number of para-hydroxylation sites is 1. The van der Waals surface area contributed by atoms with Gasteiger partial charge in [0.1, 0.15) is 6.33 Å². The minimum absolute atomic E-state index is 0.485. The van der Waals surface area contributed by atoms with Crippen LogP contribution in [0.25, 0.3) is 17.2 Å². The molecule has 19 heavy (non-hydrogen) atoms. The summed E-state index contributed by atoms with van der Waals surface area (Å²) in [6.07, 6.45) is 10.2. The van der Waals surface area contributed by atoms with Crippen LogP contribution >= 0.6 is 0 Å². The number of rotatable bonds is 2. The lowest BCUT2D eigenvalue weighted by Crippen LogP contribution is -2.26. The Balaban J connectivity index is 1.80. The molecule has 0 bridgehead atoms. The zero-order valence-electron chi connectivity index (χ0n) is 10.6. The first kappa shape index (κ1) is 10.8. The molecule has 1 aliphatic heterocycles. The van der Waals surface area contributed by atoms with Gasteiger partial charge in [0, 0.05) is 29.2 Å². The molecule has 3 nitrogen and oxygen atoms in total. The second kappa shape index (κ2) is 4.23. The molecule has 0 saturated heterocycles. The van der Waals surface area contributed by atoms with Crippen molar-refractivity contribution in [2.75, 3.05) is 5.23 Å². The predicted molar refractivity (Wildman–Crippen MR) is 78.9 cm³/mol. The Labute approximate surface area is 112 Å². The minimum Gasteiger partial charge on any atom is -0.423 e. The maximum absolute atomic E-state index is 4.12. The molecule has 1 aromatic heterocycles. The topological polar surface area (TPSA) is 37.8 Å². The van der Waals surface area contributed by atoms with Gasteiger partial charge < -0.3 is 5.23 Å². The zero-order valence-corrected chi connectivity index (χ0v) is 10.6. The lowest BCUT2D eigenvalue weighted by atomic mass is 9.55. The van der Waals surface area contributed by atoms with E-state index in [-0.39, 0.29) is 0 Å². The van der Waals surface area contributed by atoms with Crippen molar-refractivity contribution in [1.29, 1.82) is 0 Å². The molecule has 1 N–H and O–H groups in total. The second-order valence-electron chi connectivity index (χ2n) is 5.26. The summed E-state index contributed by atoms with van der Waals surface area (Å²) in [6, 6.07) is 6.37. The summed E-state index contributed by atoms with van der Waals surface area (Å²) < 4.78 is 0. The smallest absolute Gasteiger partial charge is 0.281 e. The Kier molecular flexibility index (Phi) is 2.40. The Bertz CT molecular complexity index is 635. The molecule has 1 aliphatic carbocycles. The quantitative estimate of drug-likeness (QED) is 0.827. The van der Waals surface area contributed by atoms with Crippen LogP contribution in [0.2, 0.25) is 5.82 Å². The summed E-state index contributed by atoms with van der Waals surface area (Å²) in [5.74, 6) is 3.11. The lowest BCUT2D eigenvalue weighted by Gasteiger charge is -2.22. The molecule has 2 aliphatic rings. The van der Waals surface area contributed by atoms with Crippen molar-refractivity contribution in [2.24, 2.45) is 0 Å². The Morgan fingerprint density at radius 3 is 2.79 bits per heavy atom. The van der Waals surface area contributed by atoms with E-state index in [2.05, 4.69) is 45.4 Å². The number of fused-ring (bicyclic) bond motifs is 1. The minimum atomic E-state index is 0.485. The largest absolute Gasteiger partial charge is 0.423 e. The molecule has 4 rings (SSSR count). The summed E-state index contributed by atoms with van der Waals surface area (Å²) >= 11 is 0. The number of anilines is 1. The normalized spacial score (nSPS) is 16.9. The van der Waals surface area contributed by atoms with E-state index in [4.69, 9.17) is 0 Å². The fourth-order valence-corrected chi connectivity index (χ4v) is 2.70. The first-order valence-corrected chi connectivity index (χ1v) is 6.75. The molecule has 92 valence electrons. The first-order valence-electron chi connectivity index (χ1n) is 6.75. The van der Waals surface area contributed by atoms with Crippen molar-refractivity contribution >= 4 is 18.6 Å².